The van der Waals surface area contributed by atoms with E-state index in [1.54, 1.807) is 0 Å². The van der Waals surface area contributed by atoms with Crippen molar-refractivity contribution in [3.05, 3.63) is 71.8 Å². The number of hydrogen-bond donors (Lipinski definition) is 2. The third-order valence-electron chi connectivity index (χ3n) is 3.59. The second kappa shape index (κ2) is 7.22. The SMILES string of the molecule is CC(C)[C@H](N[C@@H](CO)c1ccccc1)c1ccccc1. The van der Waals surface area contributed by atoms with Crippen molar-refractivity contribution in [3.8, 4) is 0 Å². The molecule has 2 aromatic rings. The summed E-state index contributed by atoms with van der Waals surface area (Å²) in [6, 6.07) is 20.7. The standard InChI is InChI=1S/C18H23NO/c1-14(2)18(16-11-7-4-8-12-16)19-17(13-20)15-9-5-3-6-10-15/h3-12,14,17-20H,13H2,1-2H3/t17-,18-/m0/s1. The minimum atomic E-state index is -0.0381. The predicted octanol–water partition coefficient (Wildman–Crippen LogP) is 3.71. The highest BCUT2D eigenvalue weighted by Gasteiger charge is 2.20. The van der Waals surface area contributed by atoms with Gasteiger partial charge in [-0.25, -0.2) is 0 Å². The first-order chi connectivity index (χ1) is 9.72. The van der Waals surface area contributed by atoms with Crippen LogP contribution in [0.5, 0.6) is 0 Å². The van der Waals surface area contributed by atoms with Crippen molar-refractivity contribution in [2.75, 3.05) is 6.61 Å². The maximum Gasteiger partial charge on any atom is 0.0626 e. The van der Waals surface area contributed by atoms with Crippen molar-refractivity contribution in [2.45, 2.75) is 25.9 Å². The van der Waals surface area contributed by atoms with Crippen molar-refractivity contribution in [2.24, 2.45) is 5.92 Å². The molecule has 0 aliphatic carbocycles. The Balaban J connectivity index is 2.19. The molecule has 2 heteroatoms. The molecule has 0 heterocycles. The molecule has 0 aliphatic heterocycles. The molecule has 2 rings (SSSR count). The third kappa shape index (κ3) is 3.69. The smallest absolute Gasteiger partial charge is 0.0626 e. The van der Waals surface area contributed by atoms with Gasteiger partial charge in [0, 0.05) is 6.04 Å². The van der Waals surface area contributed by atoms with Gasteiger partial charge in [-0.2, -0.15) is 0 Å². The number of nitrogens with one attached hydrogen (secondary N) is 1. The second-order valence-corrected chi connectivity index (χ2v) is 5.44. The first-order valence-electron chi connectivity index (χ1n) is 7.19. The van der Waals surface area contributed by atoms with E-state index >= 15 is 0 Å². The van der Waals surface area contributed by atoms with Gasteiger partial charge in [0.15, 0.2) is 0 Å². The molecule has 2 aromatic carbocycles. The Hall–Kier alpha value is -1.64. The van der Waals surface area contributed by atoms with E-state index in [2.05, 4.69) is 55.6 Å². The highest BCUT2D eigenvalue weighted by molar-refractivity contribution is 5.23. The van der Waals surface area contributed by atoms with E-state index in [9.17, 15) is 5.11 Å². The van der Waals surface area contributed by atoms with Gasteiger partial charge in [-0.3, -0.25) is 0 Å². The number of benzene rings is 2. The predicted molar refractivity (Wildman–Crippen MR) is 83.4 cm³/mol. The molecule has 2 N–H and O–H groups in total. The molecule has 0 aliphatic rings. The Labute approximate surface area is 121 Å². The quantitative estimate of drug-likeness (QED) is 0.838. The summed E-state index contributed by atoms with van der Waals surface area (Å²) in [7, 11) is 0. The first kappa shape index (κ1) is 14.8. The molecule has 106 valence electrons. The lowest BCUT2D eigenvalue weighted by molar-refractivity contribution is 0.221. The molecule has 0 spiro atoms. The van der Waals surface area contributed by atoms with E-state index in [0.29, 0.717) is 5.92 Å². The van der Waals surface area contributed by atoms with Gasteiger partial charge in [0.25, 0.3) is 0 Å². The van der Waals surface area contributed by atoms with Gasteiger partial charge < -0.3 is 10.4 Å². The van der Waals surface area contributed by atoms with Crippen molar-refractivity contribution >= 4 is 0 Å². The van der Waals surface area contributed by atoms with E-state index in [1.165, 1.54) is 5.56 Å². The van der Waals surface area contributed by atoms with Gasteiger partial charge in [0.1, 0.15) is 0 Å². The number of rotatable bonds is 6. The number of aliphatic hydroxyl groups is 1. The summed E-state index contributed by atoms with van der Waals surface area (Å²) in [5, 5.41) is 13.3. The van der Waals surface area contributed by atoms with Crippen LogP contribution in [0.15, 0.2) is 60.7 Å². The molecule has 0 radical (unpaired) electrons. The summed E-state index contributed by atoms with van der Waals surface area (Å²) in [4.78, 5) is 0. The van der Waals surface area contributed by atoms with Crippen molar-refractivity contribution in [1.82, 2.24) is 5.32 Å². The largest absolute Gasteiger partial charge is 0.394 e. The number of hydrogen-bond acceptors (Lipinski definition) is 2. The molecular weight excluding hydrogens is 246 g/mol. The fourth-order valence-electron chi connectivity index (χ4n) is 2.49. The summed E-state index contributed by atoms with van der Waals surface area (Å²) in [6.45, 7) is 4.49. The van der Waals surface area contributed by atoms with Gasteiger partial charge in [-0.15, -0.1) is 0 Å². The van der Waals surface area contributed by atoms with Crippen LogP contribution >= 0.6 is 0 Å². The van der Waals surface area contributed by atoms with E-state index in [0.717, 1.165) is 5.56 Å². The molecule has 0 saturated heterocycles. The summed E-state index contributed by atoms with van der Waals surface area (Å²) in [6.07, 6.45) is 0. The molecule has 2 nitrogen and oxygen atoms in total. The molecule has 0 bridgehead atoms. The van der Waals surface area contributed by atoms with Crippen molar-refractivity contribution in [1.29, 1.82) is 0 Å². The zero-order valence-corrected chi connectivity index (χ0v) is 12.2. The highest BCUT2D eigenvalue weighted by Crippen LogP contribution is 2.25. The van der Waals surface area contributed by atoms with Crippen molar-refractivity contribution in [3.63, 3.8) is 0 Å². The normalized spacial score (nSPS) is 14.2. The molecule has 0 aromatic heterocycles. The fraction of sp³-hybridized carbons (Fsp3) is 0.333. The van der Waals surface area contributed by atoms with E-state index < -0.39 is 0 Å². The lowest BCUT2D eigenvalue weighted by Crippen LogP contribution is -2.31. The van der Waals surface area contributed by atoms with Gasteiger partial charge in [0.05, 0.1) is 12.6 Å². The maximum absolute atomic E-state index is 9.69. The van der Waals surface area contributed by atoms with Gasteiger partial charge >= 0.3 is 0 Å². The lowest BCUT2D eigenvalue weighted by Gasteiger charge is -2.28. The zero-order valence-electron chi connectivity index (χ0n) is 12.2. The third-order valence-corrected chi connectivity index (χ3v) is 3.59. The Kier molecular flexibility index (Phi) is 5.33. The number of aliphatic hydroxyl groups excluding tert-OH is 1. The zero-order chi connectivity index (χ0) is 14.4. The van der Waals surface area contributed by atoms with Crippen LogP contribution in [0.1, 0.15) is 37.1 Å². The molecule has 0 saturated carbocycles. The fourth-order valence-corrected chi connectivity index (χ4v) is 2.49. The Morgan fingerprint density at radius 1 is 0.850 bits per heavy atom. The van der Waals surface area contributed by atoms with Crippen LogP contribution in [0.4, 0.5) is 0 Å². The first-order valence-corrected chi connectivity index (χ1v) is 7.19. The van der Waals surface area contributed by atoms with Crippen LogP contribution in [0, 0.1) is 5.92 Å². The molecular formula is C18H23NO. The minimum absolute atomic E-state index is 0.0381. The molecule has 2 atom stereocenters. The molecule has 0 fully saturated rings. The van der Waals surface area contributed by atoms with E-state index in [4.69, 9.17) is 0 Å². The molecule has 20 heavy (non-hydrogen) atoms. The highest BCUT2D eigenvalue weighted by atomic mass is 16.3. The van der Waals surface area contributed by atoms with Crippen LogP contribution in [-0.4, -0.2) is 11.7 Å². The minimum Gasteiger partial charge on any atom is -0.394 e. The van der Waals surface area contributed by atoms with Crippen LogP contribution in [0.25, 0.3) is 0 Å². The van der Waals surface area contributed by atoms with E-state index in [-0.39, 0.29) is 18.7 Å². The summed E-state index contributed by atoms with van der Waals surface area (Å²) >= 11 is 0. The van der Waals surface area contributed by atoms with Crippen molar-refractivity contribution < 1.29 is 5.11 Å². The summed E-state index contributed by atoms with van der Waals surface area (Å²) in [5.41, 5.74) is 2.38. The second-order valence-electron chi connectivity index (χ2n) is 5.44. The van der Waals surface area contributed by atoms with E-state index in [1.807, 2.05) is 24.3 Å². The van der Waals surface area contributed by atoms with Crippen LogP contribution < -0.4 is 5.32 Å². The maximum atomic E-state index is 9.69. The van der Waals surface area contributed by atoms with Gasteiger partial charge in [-0.05, 0) is 17.0 Å². The Bertz CT molecular complexity index is 495. The molecule has 0 unspecified atom stereocenters. The molecule has 0 amide bonds. The average molecular weight is 269 g/mol. The monoisotopic (exact) mass is 269 g/mol. The van der Waals surface area contributed by atoms with Gasteiger partial charge in [-0.1, -0.05) is 74.5 Å². The van der Waals surface area contributed by atoms with Crippen LogP contribution in [0.2, 0.25) is 0 Å². The Morgan fingerprint density at radius 3 is 1.80 bits per heavy atom. The topological polar surface area (TPSA) is 32.3 Å². The lowest BCUT2D eigenvalue weighted by atomic mass is 9.94. The summed E-state index contributed by atoms with van der Waals surface area (Å²) in [5.74, 6) is 0.454. The Morgan fingerprint density at radius 2 is 1.35 bits per heavy atom. The summed E-state index contributed by atoms with van der Waals surface area (Å²) < 4.78 is 0. The van der Waals surface area contributed by atoms with Gasteiger partial charge in [0.2, 0.25) is 0 Å². The average Bonchev–Trinajstić information content (AvgIpc) is 2.50. The van der Waals surface area contributed by atoms with Crippen LogP contribution in [0.3, 0.4) is 0 Å². The van der Waals surface area contributed by atoms with Crippen LogP contribution in [-0.2, 0) is 0 Å².